The third kappa shape index (κ3) is 7.53. The monoisotopic (exact) mass is 527 g/mol. The van der Waals surface area contributed by atoms with Crippen LogP contribution in [0.5, 0.6) is 0 Å². The summed E-state index contributed by atoms with van der Waals surface area (Å²) >= 11 is 0. The van der Waals surface area contributed by atoms with Gasteiger partial charge in [-0.2, -0.15) is 0 Å². The second kappa shape index (κ2) is 14.6. The van der Waals surface area contributed by atoms with E-state index in [1.54, 1.807) is 0 Å². The van der Waals surface area contributed by atoms with E-state index < -0.39 is 5.92 Å². The van der Waals surface area contributed by atoms with Crippen LogP contribution in [0.25, 0.3) is 5.70 Å². The number of likely N-dealkylation sites (N-methyl/N-ethyl adjacent to an activating group) is 2. The fourth-order valence-electron chi connectivity index (χ4n) is 5.42. The highest BCUT2D eigenvalue weighted by Gasteiger charge is 2.32. The van der Waals surface area contributed by atoms with Gasteiger partial charge >= 0.3 is 0 Å². The zero-order valence-corrected chi connectivity index (χ0v) is 24.3. The van der Waals surface area contributed by atoms with Crippen LogP contribution in [0.1, 0.15) is 71.5 Å². The van der Waals surface area contributed by atoms with E-state index in [9.17, 15) is 9.59 Å². The van der Waals surface area contributed by atoms with E-state index in [2.05, 4.69) is 39.8 Å². The van der Waals surface area contributed by atoms with Crippen LogP contribution in [-0.2, 0) is 9.59 Å². The van der Waals surface area contributed by atoms with Gasteiger partial charge in [0.2, 0.25) is 0 Å². The lowest BCUT2D eigenvalue weighted by Gasteiger charge is -2.34. The maximum atomic E-state index is 13.6. The number of Topliss-reactive ketones (excluding diaryl/α,β-unsaturated/α-hetero) is 2. The molecule has 38 heavy (non-hydrogen) atoms. The summed E-state index contributed by atoms with van der Waals surface area (Å²) in [5.41, 5.74) is 7.58. The molecule has 2 saturated heterocycles. The molecule has 9 heteroatoms. The molecule has 0 aromatic carbocycles. The molecule has 0 unspecified atom stereocenters. The van der Waals surface area contributed by atoms with Crippen molar-refractivity contribution in [2.45, 2.75) is 65.7 Å². The lowest BCUT2D eigenvalue weighted by Crippen LogP contribution is -2.45. The molecule has 1 aromatic heterocycles. The molecule has 1 atom stereocenters. The molecule has 212 valence electrons. The highest BCUT2D eigenvalue weighted by Crippen LogP contribution is 2.29. The number of ketones is 2. The Morgan fingerprint density at radius 3 is 2.05 bits per heavy atom. The summed E-state index contributed by atoms with van der Waals surface area (Å²) in [4.78, 5) is 45.2. The minimum Gasteiger partial charge on any atom is -0.395 e. The Bertz CT molecular complexity index is 972. The normalized spacial score (nSPS) is 22.3. The molecule has 3 aliphatic rings. The van der Waals surface area contributed by atoms with Gasteiger partial charge in [-0.3, -0.25) is 9.59 Å². The van der Waals surface area contributed by atoms with Crippen molar-refractivity contribution in [3.8, 4) is 0 Å². The summed E-state index contributed by atoms with van der Waals surface area (Å²) < 4.78 is 0. The van der Waals surface area contributed by atoms with Crippen LogP contribution in [0.4, 0.5) is 11.6 Å². The number of hydrogen-bond donors (Lipinski definition) is 1. The first-order valence-electron chi connectivity index (χ1n) is 14.7. The second-order valence-corrected chi connectivity index (χ2v) is 10.6. The third-order valence-electron chi connectivity index (χ3n) is 7.80. The largest absolute Gasteiger partial charge is 0.395 e. The van der Waals surface area contributed by atoms with Crippen molar-refractivity contribution in [2.24, 2.45) is 11.7 Å². The van der Waals surface area contributed by atoms with Crippen LogP contribution in [0.3, 0.4) is 0 Å². The maximum Gasteiger partial charge on any atom is 0.179 e. The van der Waals surface area contributed by atoms with Gasteiger partial charge < -0.3 is 25.3 Å². The van der Waals surface area contributed by atoms with Gasteiger partial charge in [0.25, 0.3) is 0 Å². The highest BCUT2D eigenvalue weighted by atomic mass is 16.2. The molecule has 2 N–H and O–H groups in total. The van der Waals surface area contributed by atoms with Crippen molar-refractivity contribution in [1.29, 1.82) is 0 Å². The van der Waals surface area contributed by atoms with Crippen molar-refractivity contribution in [3.63, 3.8) is 0 Å². The van der Waals surface area contributed by atoms with Gasteiger partial charge in [-0.1, -0.05) is 33.6 Å². The first-order valence-corrected chi connectivity index (χ1v) is 14.7. The zero-order chi connectivity index (χ0) is 27.7. The lowest BCUT2D eigenvalue weighted by atomic mass is 9.81. The molecule has 2 aliphatic heterocycles. The van der Waals surface area contributed by atoms with Crippen LogP contribution >= 0.6 is 0 Å². The third-order valence-corrected chi connectivity index (χ3v) is 7.80. The van der Waals surface area contributed by atoms with Gasteiger partial charge in [-0.15, -0.1) is 0 Å². The van der Waals surface area contributed by atoms with Crippen LogP contribution < -0.4 is 15.5 Å². The van der Waals surface area contributed by atoms with E-state index >= 15 is 0 Å². The maximum absolute atomic E-state index is 13.6. The molecule has 0 amide bonds. The number of nitrogens with two attached hydrogens (primary N) is 1. The molecule has 1 aromatic rings. The zero-order valence-electron chi connectivity index (χ0n) is 24.3. The molecule has 0 bridgehead atoms. The fraction of sp³-hybridized carbons (Fsp3) is 0.724. The number of nitrogens with zero attached hydrogens (tertiary/aromatic N) is 6. The lowest BCUT2D eigenvalue weighted by molar-refractivity contribution is -0.132. The molecular formula is C29H49N7O2. The number of allylic oxidation sites excluding steroid dienone is 1. The molecule has 1 saturated carbocycles. The van der Waals surface area contributed by atoms with Crippen molar-refractivity contribution < 1.29 is 9.59 Å². The number of hydrogen-bond acceptors (Lipinski definition) is 9. The molecule has 4 rings (SSSR count). The Morgan fingerprint density at radius 2 is 1.47 bits per heavy atom. The van der Waals surface area contributed by atoms with E-state index in [4.69, 9.17) is 15.7 Å². The number of anilines is 2. The Hall–Kier alpha value is -2.52. The molecule has 0 spiro atoms. The van der Waals surface area contributed by atoms with E-state index in [0.717, 1.165) is 89.7 Å². The smallest absolute Gasteiger partial charge is 0.179 e. The van der Waals surface area contributed by atoms with Gasteiger partial charge in [0, 0.05) is 63.9 Å². The Morgan fingerprint density at radius 1 is 0.895 bits per heavy atom. The van der Waals surface area contributed by atoms with Gasteiger partial charge in [-0.25, -0.2) is 9.97 Å². The average molecular weight is 528 g/mol. The number of rotatable bonds is 7. The summed E-state index contributed by atoms with van der Waals surface area (Å²) in [5, 5.41) is 0. The summed E-state index contributed by atoms with van der Waals surface area (Å²) in [7, 11) is 4.29. The number of carbonyl (C=O) groups is 2. The quantitative estimate of drug-likeness (QED) is 0.423. The minimum absolute atomic E-state index is 0.0501. The van der Waals surface area contributed by atoms with E-state index in [-0.39, 0.29) is 11.6 Å². The number of carbonyl (C=O) groups excluding carboxylic acids is 2. The summed E-state index contributed by atoms with van der Waals surface area (Å²) in [6.07, 6.45) is 5.24. The fourth-order valence-corrected chi connectivity index (χ4v) is 5.42. The van der Waals surface area contributed by atoms with Crippen molar-refractivity contribution >= 4 is 28.9 Å². The molecule has 0 radical (unpaired) electrons. The topological polar surface area (TPSA) is 98.9 Å². The van der Waals surface area contributed by atoms with Crippen molar-refractivity contribution in [2.75, 3.05) is 76.3 Å². The first-order chi connectivity index (χ1) is 18.4. The van der Waals surface area contributed by atoms with Crippen LogP contribution in [-0.4, -0.2) is 97.8 Å². The van der Waals surface area contributed by atoms with E-state index in [0.29, 0.717) is 36.4 Å². The predicted molar refractivity (Wildman–Crippen MR) is 155 cm³/mol. The second-order valence-electron chi connectivity index (χ2n) is 10.6. The van der Waals surface area contributed by atoms with Gasteiger partial charge in [0.1, 0.15) is 17.4 Å². The van der Waals surface area contributed by atoms with Crippen LogP contribution in [0.2, 0.25) is 0 Å². The summed E-state index contributed by atoms with van der Waals surface area (Å²) in [5.74, 6) is 1.50. The summed E-state index contributed by atoms with van der Waals surface area (Å²) in [6.45, 7) is 13.6. The van der Waals surface area contributed by atoms with Crippen LogP contribution in [0, 0.1) is 5.92 Å². The molecule has 3 fully saturated rings. The standard InChI is InChI=1S/C27H43N7O2.C2H6/c1-4-8-21(26(36)20-9-5-6-10-22(20)35)25(28)27-29-23(33-12-7-11-31(2)13-16-33)19-24(30-27)34-17-14-32(3)15-18-34;1-2/h19-20H,4-18,28H2,1-3H3;1-2H3/b25-21-;/t20-;/m0./s1. The minimum atomic E-state index is -0.569. The molecule has 1 aliphatic carbocycles. The number of aromatic nitrogens is 2. The first kappa shape index (κ1) is 30.0. The van der Waals surface area contributed by atoms with Crippen LogP contribution in [0.15, 0.2) is 11.6 Å². The van der Waals surface area contributed by atoms with E-state index in [1.165, 1.54) is 0 Å². The SMILES string of the molecule is CC.CCC/C(C(=O)[C@H]1CCCCC1=O)=C(/N)c1nc(N2CCCN(C)CC2)cc(N2CCN(C)CC2)n1. The molecule has 3 heterocycles. The Labute approximate surface area is 229 Å². The summed E-state index contributed by atoms with van der Waals surface area (Å²) in [6, 6.07) is 2.08. The van der Waals surface area contributed by atoms with Crippen molar-refractivity contribution in [1.82, 2.24) is 19.8 Å². The number of piperazine rings is 1. The van der Waals surface area contributed by atoms with Gasteiger partial charge in [-0.05, 0) is 46.3 Å². The Balaban J connectivity index is 0.00000195. The van der Waals surface area contributed by atoms with E-state index in [1.807, 2.05) is 20.8 Å². The van der Waals surface area contributed by atoms with Crippen molar-refractivity contribution in [3.05, 3.63) is 17.5 Å². The van der Waals surface area contributed by atoms with Gasteiger partial charge in [0.15, 0.2) is 11.6 Å². The average Bonchev–Trinajstić information content (AvgIpc) is 3.17. The molecule has 9 nitrogen and oxygen atoms in total. The highest BCUT2D eigenvalue weighted by molar-refractivity contribution is 6.13. The Kier molecular flexibility index (Phi) is 11.5. The van der Waals surface area contributed by atoms with Gasteiger partial charge in [0.05, 0.1) is 11.6 Å². The molecular weight excluding hydrogens is 478 g/mol. The predicted octanol–water partition coefficient (Wildman–Crippen LogP) is 3.19.